The van der Waals surface area contributed by atoms with E-state index in [9.17, 15) is 0 Å². The minimum atomic E-state index is 0.721. The number of hydrogen-bond acceptors (Lipinski definition) is 0. The molecule has 0 nitrogen and oxygen atoms in total. The third kappa shape index (κ3) is 1.60. The Hall–Kier alpha value is 0. The van der Waals surface area contributed by atoms with Crippen LogP contribution in [-0.4, -0.2) is 0 Å². The molecule has 1 aliphatic carbocycles. The predicted octanol–water partition coefficient (Wildman–Crippen LogP) is 3.86. The van der Waals surface area contributed by atoms with Gasteiger partial charge < -0.3 is 0 Å². The van der Waals surface area contributed by atoms with Crippen LogP contribution in [0, 0.1) is 17.3 Å². The molecule has 0 aromatic carbocycles. The molecule has 1 saturated carbocycles. The van der Waals surface area contributed by atoms with Crippen molar-refractivity contribution in [2.45, 2.75) is 53.4 Å². The lowest BCUT2D eigenvalue weighted by Crippen LogP contribution is -2.13. The molecule has 1 aliphatic rings. The van der Waals surface area contributed by atoms with Gasteiger partial charge in [0.15, 0.2) is 0 Å². The average Bonchev–Trinajstić information content (AvgIpc) is 2.29. The van der Waals surface area contributed by atoms with Crippen molar-refractivity contribution in [3.8, 4) is 0 Å². The Balaban J connectivity index is 2.61. The maximum atomic E-state index is 2.41. The summed E-state index contributed by atoms with van der Waals surface area (Å²) >= 11 is 0. The predicted molar refractivity (Wildman–Crippen MR) is 50.6 cm³/mol. The van der Waals surface area contributed by atoms with Gasteiger partial charge in [-0.25, -0.2) is 0 Å². The van der Waals surface area contributed by atoms with Gasteiger partial charge in [0.1, 0.15) is 0 Å². The highest BCUT2D eigenvalue weighted by atomic mass is 14.4. The Morgan fingerprint density at radius 2 is 1.36 bits per heavy atom. The van der Waals surface area contributed by atoms with Crippen LogP contribution in [0.3, 0.4) is 0 Å². The molecular weight excluding hydrogens is 132 g/mol. The summed E-state index contributed by atoms with van der Waals surface area (Å²) in [5.41, 5.74) is 0.721. The first-order valence-electron chi connectivity index (χ1n) is 5.13. The van der Waals surface area contributed by atoms with Gasteiger partial charge in [0.2, 0.25) is 0 Å². The number of hydrogen-bond donors (Lipinski definition) is 0. The summed E-state index contributed by atoms with van der Waals surface area (Å²) in [5.74, 6) is 1.93. The van der Waals surface area contributed by atoms with E-state index in [2.05, 4.69) is 27.7 Å². The maximum Gasteiger partial charge on any atom is -0.0297 e. The van der Waals surface area contributed by atoms with Crippen LogP contribution in [-0.2, 0) is 0 Å². The molecule has 0 bridgehead atoms. The number of rotatable bonds is 2. The third-order valence-electron chi connectivity index (χ3n) is 3.98. The van der Waals surface area contributed by atoms with Crippen LogP contribution in [0.25, 0.3) is 0 Å². The molecule has 0 spiro atoms. The van der Waals surface area contributed by atoms with E-state index in [4.69, 9.17) is 0 Å². The third-order valence-corrected chi connectivity index (χ3v) is 3.98. The van der Waals surface area contributed by atoms with Crippen LogP contribution >= 0.6 is 0 Å². The van der Waals surface area contributed by atoms with Crippen molar-refractivity contribution in [1.29, 1.82) is 0 Å². The minimum Gasteiger partial charge on any atom is -0.0649 e. The first-order chi connectivity index (χ1) is 5.13. The minimum absolute atomic E-state index is 0.721. The molecule has 0 aliphatic heterocycles. The molecule has 0 aromatic heterocycles. The lowest BCUT2D eigenvalue weighted by molar-refractivity contribution is 0.259. The van der Waals surface area contributed by atoms with Gasteiger partial charge in [-0.15, -0.1) is 0 Å². The van der Waals surface area contributed by atoms with Crippen molar-refractivity contribution in [3.05, 3.63) is 0 Å². The first kappa shape index (κ1) is 9.09. The average molecular weight is 154 g/mol. The van der Waals surface area contributed by atoms with E-state index in [0.29, 0.717) is 0 Å². The summed E-state index contributed by atoms with van der Waals surface area (Å²) in [5, 5.41) is 0. The fourth-order valence-corrected chi connectivity index (χ4v) is 2.68. The molecule has 0 radical (unpaired) electrons. The smallest absolute Gasteiger partial charge is 0.0297 e. The lowest BCUT2D eigenvalue weighted by Gasteiger charge is -2.25. The molecule has 0 N–H and O–H groups in total. The lowest BCUT2D eigenvalue weighted by atomic mass is 9.80. The molecule has 2 atom stereocenters. The van der Waals surface area contributed by atoms with Crippen molar-refractivity contribution >= 4 is 0 Å². The molecule has 0 amide bonds. The molecule has 0 heteroatoms. The monoisotopic (exact) mass is 154 g/mol. The van der Waals surface area contributed by atoms with Crippen molar-refractivity contribution < 1.29 is 0 Å². The van der Waals surface area contributed by atoms with Crippen molar-refractivity contribution in [2.24, 2.45) is 17.3 Å². The summed E-state index contributed by atoms with van der Waals surface area (Å²) in [7, 11) is 0. The highest BCUT2D eigenvalue weighted by Gasteiger charge is 2.38. The van der Waals surface area contributed by atoms with Crippen LogP contribution in [0.1, 0.15) is 53.4 Å². The summed E-state index contributed by atoms with van der Waals surface area (Å²) < 4.78 is 0. The zero-order valence-corrected chi connectivity index (χ0v) is 8.48. The van der Waals surface area contributed by atoms with E-state index in [1.54, 1.807) is 0 Å². The van der Waals surface area contributed by atoms with Crippen LogP contribution in [0.15, 0.2) is 0 Å². The second-order valence-electron chi connectivity index (χ2n) is 4.57. The zero-order valence-electron chi connectivity index (χ0n) is 8.48. The molecule has 11 heavy (non-hydrogen) atoms. The molecule has 0 heterocycles. The normalized spacial score (nSPS) is 36.0. The van der Waals surface area contributed by atoms with Gasteiger partial charge in [0, 0.05) is 0 Å². The van der Waals surface area contributed by atoms with E-state index < -0.39 is 0 Å². The van der Waals surface area contributed by atoms with Crippen LogP contribution in [0.4, 0.5) is 0 Å². The Morgan fingerprint density at radius 3 is 1.55 bits per heavy atom. The molecular formula is C11H22. The molecule has 0 saturated heterocycles. The Bertz CT molecular complexity index is 110. The SMILES string of the molecule is CCC1(CC)CC(C)[C@@H](C)C1. The highest BCUT2D eigenvalue weighted by molar-refractivity contribution is 4.89. The Kier molecular flexibility index (Phi) is 2.61. The van der Waals surface area contributed by atoms with E-state index in [-0.39, 0.29) is 0 Å². The van der Waals surface area contributed by atoms with Gasteiger partial charge in [-0.05, 0) is 30.1 Å². The maximum absolute atomic E-state index is 2.41. The van der Waals surface area contributed by atoms with E-state index in [1.165, 1.54) is 25.7 Å². The summed E-state index contributed by atoms with van der Waals surface area (Å²) in [6.07, 6.45) is 5.72. The van der Waals surface area contributed by atoms with Gasteiger partial charge in [-0.1, -0.05) is 40.5 Å². The van der Waals surface area contributed by atoms with Crippen molar-refractivity contribution in [3.63, 3.8) is 0 Å². The van der Waals surface area contributed by atoms with Gasteiger partial charge in [0.25, 0.3) is 0 Å². The van der Waals surface area contributed by atoms with Gasteiger partial charge in [0.05, 0.1) is 0 Å². The largest absolute Gasteiger partial charge is 0.0649 e. The second-order valence-corrected chi connectivity index (χ2v) is 4.57. The highest BCUT2D eigenvalue weighted by Crippen LogP contribution is 2.49. The van der Waals surface area contributed by atoms with Crippen LogP contribution in [0.5, 0.6) is 0 Å². The van der Waals surface area contributed by atoms with Crippen molar-refractivity contribution in [1.82, 2.24) is 0 Å². The Labute approximate surface area is 71.4 Å². The summed E-state index contributed by atoms with van der Waals surface area (Å²) in [6.45, 7) is 9.54. The van der Waals surface area contributed by atoms with Gasteiger partial charge in [-0.3, -0.25) is 0 Å². The fraction of sp³-hybridized carbons (Fsp3) is 1.00. The molecule has 1 unspecified atom stereocenters. The Morgan fingerprint density at radius 1 is 1.00 bits per heavy atom. The molecule has 0 aromatic rings. The summed E-state index contributed by atoms with van der Waals surface area (Å²) in [6, 6.07) is 0. The zero-order chi connectivity index (χ0) is 8.48. The van der Waals surface area contributed by atoms with Crippen LogP contribution in [0.2, 0.25) is 0 Å². The van der Waals surface area contributed by atoms with Gasteiger partial charge >= 0.3 is 0 Å². The summed E-state index contributed by atoms with van der Waals surface area (Å²) in [4.78, 5) is 0. The molecule has 1 rings (SSSR count). The fourth-order valence-electron chi connectivity index (χ4n) is 2.68. The van der Waals surface area contributed by atoms with Crippen LogP contribution < -0.4 is 0 Å². The first-order valence-corrected chi connectivity index (χ1v) is 5.13. The molecule has 66 valence electrons. The van der Waals surface area contributed by atoms with E-state index in [1.807, 2.05) is 0 Å². The topological polar surface area (TPSA) is 0 Å². The standard InChI is InChI=1S/C11H22/c1-5-11(6-2)7-9(3)10(4)8-11/h9-10H,5-8H2,1-4H3/t9-,10?/m0/s1. The van der Waals surface area contributed by atoms with E-state index in [0.717, 1.165) is 17.3 Å². The quantitative estimate of drug-likeness (QED) is 0.566. The second kappa shape index (κ2) is 3.16. The molecule has 1 fully saturated rings. The van der Waals surface area contributed by atoms with Crippen molar-refractivity contribution in [2.75, 3.05) is 0 Å². The van der Waals surface area contributed by atoms with Gasteiger partial charge in [-0.2, -0.15) is 0 Å². The van der Waals surface area contributed by atoms with E-state index >= 15 is 0 Å².